The highest BCUT2D eigenvalue weighted by Crippen LogP contribution is 2.28. The normalized spacial score (nSPS) is 10.3. The van der Waals surface area contributed by atoms with Crippen LogP contribution in [0.3, 0.4) is 0 Å². The first-order valence-electron chi connectivity index (χ1n) is 5.68. The molecule has 82 valence electrons. The van der Waals surface area contributed by atoms with E-state index in [0.717, 1.165) is 11.0 Å². The lowest BCUT2D eigenvalue weighted by Crippen LogP contribution is -2.05. The Labute approximate surface area is 103 Å². The molecule has 0 spiro atoms. The largest absolute Gasteiger partial charge is 0.215 e. The topological polar surface area (TPSA) is 0 Å². The van der Waals surface area contributed by atoms with Crippen molar-refractivity contribution in [2.75, 3.05) is 0 Å². The van der Waals surface area contributed by atoms with Crippen molar-refractivity contribution in [3.05, 3.63) is 29.3 Å². The molecule has 0 saturated heterocycles. The van der Waals surface area contributed by atoms with Crippen LogP contribution in [0.4, 0.5) is 0 Å². The van der Waals surface area contributed by atoms with E-state index in [9.17, 15) is 0 Å². The Morgan fingerprint density at radius 2 is 1.60 bits per heavy atom. The van der Waals surface area contributed by atoms with Crippen LogP contribution in [0.2, 0.25) is 17.7 Å². The van der Waals surface area contributed by atoms with Crippen LogP contribution in [0.1, 0.15) is 26.7 Å². The first-order chi connectivity index (χ1) is 7.26. The minimum atomic E-state index is 0.765. The minimum Gasteiger partial charge on any atom is -0.176 e. The highest BCUT2D eigenvalue weighted by molar-refractivity contribution is 8.25. The van der Waals surface area contributed by atoms with E-state index in [4.69, 9.17) is 11.6 Å². The molecule has 15 heavy (non-hydrogen) atoms. The summed E-state index contributed by atoms with van der Waals surface area (Å²) in [5.41, 5.74) is 0. The van der Waals surface area contributed by atoms with E-state index in [0.29, 0.717) is 0 Å². The maximum atomic E-state index is 5.86. The van der Waals surface area contributed by atoms with Crippen molar-refractivity contribution >= 4 is 29.2 Å². The molecule has 1 rings (SSSR count). The molecule has 0 bridgehead atoms. The summed E-state index contributed by atoms with van der Waals surface area (Å²) in [6, 6.07) is 8.17. The van der Waals surface area contributed by atoms with Crippen LogP contribution in [0.25, 0.3) is 0 Å². The third-order valence-electron chi connectivity index (χ3n) is 2.34. The molecule has 0 aliphatic carbocycles. The average Bonchev–Trinajstić information content (AvgIpc) is 2.22. The monoisotopic (exact) mass is 240 g/mol. The summed E-state index contributed by atoms with van der Waals surface area (Å²) >= 11 is 7.85. The highest BCUT2D eigenvalue weighted by Gasteiger charge is 2.12. The lowest BCUT2D eigenvalue weighted by Gasteiger charge is -2.11. The molecular formula is C12H18BClS. The third kappa shape index (κ3) is 4.99. The quantitative estimate of drug-likeness (QED) is 0.613. The molecule has 0 amide bonds. The van der Waals surface area contributed by atoms with Gasteiger partial charge in [0.15, 0.2) is 0 Å². The Bertz CT molecular complexity index is 267. The first kappa shape index (κ1) is 13.0. The first-order valence-corrected chi connectivity index (χ1v) is 6.94. The van der Waals surface area contributed by atoms with Crippen molar-refractivity contribution in [3.63, 3.8) is 0 Å². The van der Waals surface area contributed by atoms with Gasteiger partial charge in [0.2, 0.25) is 5.99 Å². The van der Waals surface area contributed by atoms with Gasteiger partial charge in [-0.3, -0.25) is 0 Å². The van der Waals surface area contributed by atoms with E-state index in [1.165, 1.54) is 30.4 Å². The lowest BCUT2D eigenvalue weighted by molar-refractivity contribution is 1.02. The van der Waals surface area contributed by atoms with Gasteiger partial charge in [0.25, 0.3) is 0 Å². The molecule has 0 aliphatic rings. The summed E-state index contributed by atoms with van der Waals surface area (Å²) in [6.07, 6.45) is 5.15. The smallest absolute Gasteiger partial charge is 0.176 e. The summed E-state index contributed by atoms with van der Waals surface area (Å²) in [5, 5.41) is 0.821. The van der Waals surface area contributed by atoms with Gasteiger partial charge in [-0.15, -0.1) is 0 Å². The Hall–Kier alpha value is -0.0751. The van der Waals surface area contributed by atoms with E-state index in [2.05, 4.69) is 26.0 Å². The number of hydrogen-bond donors (Lipinski definition) is 0. The Morgan fingerprint density at radius 1 is 1.07 bits per heavy atom. The SMILES string of the molecule is CCCB(CCC)Sc1ccc(Cl)cc1. The van der Waals surface area contributed by atoms with E-state index >= 15 is 0 Å². The van der Waals surface area contributed by atoms with Crippen LogP contribution in [-0.4, -0.2) is 5.99 Å². The van der Waals surface area contributed by atoms with Crippen LogP contribution in [0, 0.1) is 0 Å². The Kier molecular flexibility index (Phi) is 6.27. The average molecular weight is 241 g/mol. The van der Waals surface area contributed by atoms with E-state index in [1.807, 2.05) is 23.7 Å². The number of hydrogen-bond acceptors (Lipinski definition) is 1. The van der Waals surface area contributed by atoms with Gasteiger partial charge in [0.05, 0.1) is 0 Å². The summed E-state index contributed by atoms with van der Waals surface area (Å²) in [4.78, 5) is 1.34. The standard InChI is InChI=1S/C12H18BClS/c1-3-9-13(10-4-2)15-12-7-5-11(14)6-8-12/h5-8H,3-4,9-10H2,1-2H3. The fourth-order valence-corrected chi connectivity index (χ4v) is 3.12. The molecule has 0 atom stereocenters. The molecule has 1 aromatic carbocycles. The highest BCUT2D eigenvalue weighted by atomic mass is 35.5. The maximum Gasteiger partial charge on any atom is 0.215 e. The van der Waals surface area contributed by atoms with Gasteiger partial charge in [0.1, 0.15) is 0 Å². The van der Waals surface area contributed by atoms with Crippen LogP contribution in [0.5, 0.6) is 0 Å². The van der Waals surface area contributed by atoms with Gasteiger partial charge in [-0.25, -0.2) is 0 Å². The molecule has 0 saturated carbocycles. The third-order valence-corrected chi connectivity index (χ3v) is 3.94. The maximum absolute atomic E-state index is 5.86. The lowest BCUT2D eigenvalue weighted by atomic mass is 9.67. The molecular weight excluding hydrogens is 222 g/mol. The van der Waals surface area contributed by atoms with Crippen molar-refractivity contribution in [1.29, 1.82) is 0 Å². The van der Waals surface area contributed by atoms with Gasteiger partial charge < -0.3 is 0 Å². The fraction of sp³-hybridized carbons (Fsp3) is 0.500. The predicted octanol–water partition coefficient (Wildman–Crippen LogP) is 5.24. The van der Waals surface area contributed by atoms with Crippen LogP contribution in [-0.2, 0) is 0 Å². The molecule has 0 N–H and O–H groups in total. The molecule has 0 aromatic heterocycles. The van der Waals surface area contributed by atoms with Crippen molar-refractivity contribution in [2.45, 2.75) is 44.2 Å². The van der Waals surface area contributed by atoms with Crippen LogP contribution in [0.15, 0.2) is 29.2 Å². The van der Waals surface area contributed by atoms with Crippen molar-refractivity contribution in [3.8, 4) is 0 Å². The van der Waals surface area contributed by atoms with Gasteiger partial charge in [-0.1, -0.05) is 50.9 Å². The Balaban J connectivity index is 2.53. The van der Waals surface area contributed by atoms with E-state index in [-0.39, 0.29) is 0 Å². The van der Waals surface area contributed by atoms with Crippen molar-refractivity contribution in [2.24, 2.45) is 0 Å². The summed E-state index contributed by atoms with van der Waals surface area (Å²) < 4.78 is 0. The van der Waals surface area contributed by atoms with Crippen molar-refractivity contribution in [1.82, 2.24) is 0 Å². The fourth-order valence-electron chi connectivity index (χ4n) is 1.61. The molecule has 0 unspecified atom stereocenters. The second-order valence-corrected chi connectivity index (χ2v) is 5.58. The van der Waals surface area contributed by atoms with Crippen LogP contribution < -0.4 is 0 Å². The molecule has 0 aliphatic heterocycles. The van der Waals surface area contributed by atoms with Gasteiger partial charge >= 0.3 is 0 Å². The van der Waals surface area contributed by atoms with Gasteiger partial charge in [0, 0.05) is 5.02 Å². The van der Waals surface area contributed by atoms with Crippen molar-refractivity contribution < 1.29 is 0 Å². The van der Waals surface area contributed by atoms with E-state index in [1.54, 1.807) is 0 Å². The van der Waals surface area contributed by atoms with E-state index < -0.39 is 0 Å². The molecule has 0 heterocycles. The molecule has 0 radical (unpaired) electrons. The zero-order chi connectivity index (χ0) is 11.1. The molecule has 0 nitrogen and oxygen atoms in total. The number of rotatable bonds is 6. The zero-order valence-electron chi connectivity index (χ0n) is 9.50. The predicted molar refractivity (Wildman–Crippen MR) is 73.3 cm³/mol. The zero-order valence-corrected chi connectivity index (χ0v) is 11.1. The number of benzene rings is 1. The van der Waals surface area contributed by atoms with Gasteiger partial charge in [-0.05, 0) is 29.2 Å². The second-order valence-electron chi connectivity index (χ2n) is 3.77. The Morgan fingerprint density at radius 3 is 2.07 bits per heavy atom. The van der Waals surface area contributed by atoms with Crippen LogP contribution >= 0.6 is 23.2 Å². The summed E-state index contributed by atoms with van der Waals surface area (Å²) in [5.74, 6) is 0.765. The number of halogens is 1. The minimum absolute atomic E-state index is 0.765. The molecule has 0 fully saturated rings. The van der Waals surface area contributed by atoms with Gasteiger partial charge in [-0.2, -0.15) is 11.6 Å². The summed E-state index contributed by atoms with van der Waals surface area (Å²) in [6.45, 7) is 4.51. The second kappa shape index (κ2) is 7.24. The molecule has 3 heteroatoms. The summed E-state index contributed by atoms with van der Waals surface area (Å²) in [7, 11) is 0. The molecule has 1 aromatic rings.